The normalized spacial score (nSPS) is 12.5. The molecule has 9 heteroatoms. The zero-order valence-electron chi connectivity index (χ0n) is 57.4. The van der Waals surface area contributed by atoms with Gasteiger partial charge in [0.1, 0.15) is 13.2 Å². The number of nitrogens with zero attached hydrogens (tertiary/aromatic N) is 1. The predicted octanol–water partition coefficient (Wildman–Crippen LogP) is 23.4. The highest BCUT2D eigenvalue weighted by Gasteiger charge is 2.25. The number of unbranched alkanes of at least 4 members (excludes halogenated alkanes) is 57. The molecule has 0 heterocycles. The summed E-state index contributed by atoms with van der Waals surface area (Å²) >= 11 is 0. The number of quaternary nitrogens is 1. The Hall–Kier alpha value is -1.71. The van der Waals surface area contributed by atoms with Gasteiger partial charge in [-0.3, -0.25) is 9.59 Å². The Balaban J connectivity index is 3.99. The molecule has 84 heavy (non-hydrogen) atoms. The van der Waals surface area contributed by atoms with E-state index in [-0.39, 0.29) is 38.2 Å². The lowest BCUT2D eigenvalue weighted by Crippen LogP contribution is -2.40. The predicted molar refractivity (Wildman–Crippen MR) is 360 cm³/mol. The van der Waals surface area contributed by atoms with Crippen molar-refractivity contribution >= 4 is 17.9 Å². The van der Waals surface area contributed by atoms with Crippen molar-refractivity contribution in [1.29, 1.82) is 0 Å². The monoisotopic (exact) mass is 1190 g/mol. The lowest BCUT2D eigenvalue weighted by molar-refractivity contribution is -0.870. The molecule has 2 unspecified atom stereocenters. The number of carboxylic acid groups (broad SMARTS) is 1. The van der Waals surface area contributed by atoms with E-state index in [1.807, 2.05) is 21.1 Å². The van der Waals surface area contributed by atoms with Gasteiger partial charge in [-0.25, -0.2) is 4.79 Å². The molecule has 0 aliphatic carbocycles. The molecule has 0 spiro atoms. The molecular weight excluding hydrogens is 1040 g/mol. The topological polar surface area (TPSA) is 108 Å². The van der Waals surface area contributed by atoms with E-state index in [9.17, 15) is 19.5 Å². The van der Waals surface area contributed by atoms with Gasteiger partial charge in [-0.05, 0) is 12.8 Å². The maximum Gasteiger partial charge on any atom is 0.361 e. The molecule has 0 bridgehead atoms. The van der Waals surface area contributed by atoms with Crippen LogP contribution in [0.2, 0.25) is 0 Å². The van der Waals surface area contributed by atoms with Crippen LogP contribution in [0, 0.1) is 0 Å². The van der Waals surface area contributed by atoms with Crippen molar-refractivity contribution in [2.45, 2.75) is 418 Å². The van der Waals surface area contributed by atoms with Crippen LogP contribution in [0.25, 0.3) is 0 Å². The fourth-order valence-electron chi connectivity index (χ4n) is 11.8. The molecule has 500 valence electrons. The summed E-state index contributed by atoms with van der Waals surface area (Å²) in [6, 6.07) is 0. The molecule has 0 aromatic rings. The van der Waals surface area contributed by atoms with Crippen LogP contribution in [0.3, 0.4) is 0 Å². The van der Waals surface area contributed by atoms with E-state index in [4.69, 9.17) is 18.9 Å². The van der Waals surface area contributed by atoms with E-state index in [0.29, 0.717) is 17.4 Å². The summed E-state index contributed by atoms with van der Waals surface area (Å²) in [5.74, 6) is -1.96. The Kier molecular flexibility index (Phi) is 65.9. The van der Waals surface area contributed by atoms with Crippen molar-refractivity contribution in [3.05, 3.63) is 0 Å². The van der Waals surface area contributed by atoms with Gasteiger partial charge in [-0.15, -0.1) is 0 Å². The van der Waals surface area contributed by atoms with Gasteiger partial charge in [-0.2, -0.15) is 0 Å². The van der Waals surface area contributed by atoms with Gasteiger partial charge in [0.25, 0.3) is 6.29 Å². The summed E-state index contributed by atoms with van der Waals surface area (Å²) in [5.41, 5.74) is 0. The van der Waals surface area contributed by atoms with E-state index in [1.54, 1.807) is 0 Å². The number of carbonyl (C=O) groups is 3. The van der Waals surface area contributed by atoms with Crippen LogP contribution in [0.15, 0.2) is 0 Å². The van der Waals surface area contributed by atoms with Crippen molar-refractivity contribution < 1.29 is 42.9 Å². The van der Waals surface area contributed by atoms with Crippen LogP contribution >= 0.6 is 0 Å². The van der Waals surface area contributed by atoms with Gasteiger partial charge in [0, 0.05) is 12.8 Å². The van der Waals surface area contributed by atoms with E-state index in [0.717, 1.165) is 38.5 Å². The van der Waals surface area contributed by atoms with E-state index < -0.39 is 18.4 Å². The van der Waals surface area contributed by atoms with Crippen molar-refractivity contribution in [2.75, 3.05) is 47.5 Å². The largest absolute Gasteiger partial charge is 0.477 e. The molecule has 9 nitrogen and oxygen atoms in total. The van der Waals surface area contributed by atoms with Gasteiger partial charge >= 0.3 is 17.9 Å². The molecule has 0 rings (SSSR count). The molecule has 0 aromatic heterocycles. The molecule has 0 fully saturated rings. The minimum absolute atomic E-state index is 0.172. The van der Waals surface area contributed by atoms with E-state index >= 15 is 0 Å². The van der Waals surface area contributed by atoms with Crippen LogP contribution in [0.5, 0.6) is 0 Å². The molecule has 1 N–H and O–H groups in total. The highest BCUT2D eigenvalue weighted by Crippen LogP contribution is 2.20. The summed E-state index contributed by atoms with van der Waals surface area (Å²) in [6.07, 6.45) is 78.2. The van der Waals surface area contributed by atoms with Crippen LogP contribution in [0.1, 0.15) is 406 Å². The molecule has 0 aliphatic heterocycles. The number of hydrogen-bond donors (Lipinski definition) is 1. The first-order valence-electron chi connectivity index (χ1n) is 37.7. The quantitative estimate of drug-likeness (QED) is 0.0278. The second kappa shape index (κ2) is 67.2. The number of rotatable bonds is 72. The molecule has 0 aliphatic rings. The van der Waals surface area contributed by atoms with E-state index in [1.165, 1.54) is 340 Å². The molecule has 0 amide bonds. The molecule has 2 atom stereocenters. The van der Waals surface area contributed by atoms with Crippen molar-refractivity contribution in [1.82, 2.24) is 0 Å². The summed E-state index contributed by atoms with van der Waals surface area (Å²) < 4.78 is 23.0. The summed E-state index contributed by atoms with van der Waals surface area (Å²) in [5, 5.41) is 9.76. The van der Waals surface area contributed by atoms with Crippen molar-refractivity contribution in [3.8, 4) is 0 Å². The highest BCUT2D eigenvalue weighted by atomic mass is 16.7. The van der Waals surface area contributed by atoms with Crippen LogP contribution in [0.4, 0.5) is 0 Å². The average molecular weight is 1190 g/mol. The maximum absolute atomic E-state index is 13.0. The highest BCUT2D eigenvalue weighted by molar-refractivity contribution is 5.71. The number of carbonyl (C=O) groups excluding carboxylic acids is 2. The Labute approximate surface area is 523 Å². The summed E-state index contributed by atoms with van der Waals surface area (Å²) in [7, 11) is 6.00. The average Bonchev–Trinajstić information content (AvgIpc) is 3.55. The number of hydrogen-bond acceptors (Lipinski definition) is 7. The molecule has 0 saturated carbocycles. The lowest BCUT2D eigenvalue weighted by Gasteiger charge is -2.25. The van der Waals surface area contributed by atoms with Gasteiger partial charge in [0.2, 0.25) is 0 Å². The smallest absolute Gasteiger partial charge is 0.361 e. The Morgan fingerprint density at radius 2 is 0.536 bits per heavy atom. The Morgan fingerprint density at radius 1 is 0.310 bits per heavy atom. The second-order valence-corrected chi connectivity index (χ2v) is 27.3. The molecular formula is C75H148NO8+. The van der Waals surface area contributed by atoms with E-state index in [2.05, 4.69) is 13.8 Å². The third kappa shape index (κ3) is 67.8. The van der Waals surface area contributed by atoms with Gasteiger partial charge in [-0.1, -0.05) is 380 Å². The van der Waals surface area contributed by atoms with Crippen LogP contribution in [-0.2, 0) is 33.3 Å². The number of aliphatic carboxylic acids is 1. The minimum Gasteiger partial charge on any atom is -0.477 e. The van der Waals surface area contributed by atoms with Gasteiger partial charge < -0.3 is 28.5 Å². The summed E-state index contributed by atoms with van der Waals surface area (Å²) in [4.78, 5) is 37.7. The van der Waals surface area contributed by atoms with Crippen molar-refractivity contribution in [2.24, 2.45) is 0 Å². The number of ether oxygens (including phenoxy) is 4. The first-order valence-corrected chi connectivity index (χ1v) is 37.7. The zero-order valence-corrected chi connectivity index (χ0v) is 57.4. The molecule has 0 radical (unpaired) electrons. The molecule has 0 saturated heterocycles. The summed E-state index contributed by atoms with van der Waals surface area (Å²) in [6.45, 7) is 4.98. The third-order valence-corrected chi connectivity index (χ3v) is 17.6. The number of esters is 2. The first-order chi connectivity index (χ1) is 41.1. The standard InChI is InChI=1S/C75H147NO8/c1-6-8-10-12-14-16-18-20-22-24-26-28-30-32-34-35-36-37-38-40-42-44-46-48-50-52-54-56-58-60-62-64-66-73(78)84-71(70-83-75(74(79)80)81-68-67-76(3,4)5)69-82-72(77)65-63-61-59-57-55-53-51-49-47-45-43-41-39-33-31-29-27-25-23-21-19-17-15-13-11-9-7-2/h71,75H,6-70H2,1-5H3/p+1. The first kappa shape index (κ1) is 82.3. The van der Waals surface area contributed by atoms with Crippen LogP contribution < -0.4 is 0 Å². The Morgan fingerprint density at radius 3 is 0.762 bits per heavy atom. The minimum atomic E-state index is -1.50. The Bertz CT molecular complexity index is 1340. The third-order valence-electron chi connectivity index (χ3n) is 17.6. The zero-order chi connectivity index (χ0) is 61.2. The van der Waals surface area contributed by atoms with Crippen LogP contribution in [-0.4, -0.2) is 87.4 Å². The number of carboxylic acids is 1. The fraction of sp³-hybridized carbons (Fsp3) is 0.960. The molecule has 0 aromatic carbocycles. The van der Waals surface area contributed by atoms with Gasteiger partial charge in [0.15, 0.2) is 6.10 Å². The maximum atomic E-state index is 13.0. The van der Waals surface area contributed by atoms with Gasteiger partial charge in [0.05, 0.1) is 34.4 Å². The number of likely N-dealkylation sites (N-methyl/N-ethyl adjacent to an activating group) is 1. The fourth-order valence-corrected chi connectivity index (χ4v) is 11.8. The lowest BCUT2D eigenvalue weighted by atomic mass is 10.0. The SMILES string of the molecule is CCCCCCCCCCCCCCCCCCCCCCCCCCCCCCCCCCC(=O)OC(COC(=O)CCCCCCCCCCCCCCCCCCCCCCCCCCCCC)COC(OCC[N+](C)(C)C)C(=O)O. The van der Waals surface area contributed by atoms with Crippen molar-refractivity contribution in [3.63, 3.8) is 0 Å². The second-order valence-electron chi connectivity index (χ2n) is 27.3.